The number of hydrogen-bond donors (Lipinski definition) is 0. The smallest absolute Gasteiger partial charge is 0.169 e. The lowest BCUT2D eigenvalue weighted by molar-refractivity contribution is -0.171. The summed E-state index contributed by atoms with van der Waals surface area (Å²) in [5.74, 6) is -0.262. The van der Waals surface area contributed by atoms with Crippen molar-refractivity contribution < 1.29 is 9.47 Å². The van der Waals surface area contributed by atoms with Gasteiger partial charge in [-0.1, -0.05) is 28.9 Å². The average Bonchev–Trinajstić information content (AvgIpc) is 2.89. The summed E-state index contributed by atoms with van der Waals surface area (Å²) in [7, 11) is 0. The van der Waals surface area contributed by atoms with Crippen molar-refractivity contribution in [1.29, 1.82) is 0 Å². The van der Waals surface area contributed by atoms with Crippen LogP contribution in [0.15, 0.2) is 40.1 Å². The minimum Gasteiger partial charge on any atom is -0.348 e. The van der Waals surface area contributed by atoms with E-state index >= 15 is 0 Å². The molecule has 2 nitrogen and oxygen atoms in total. The Balaban J connectivity index is 1.56. The van der Waals surface area contributed by atoms with E-state index in [9.17, 15) is 0 Å². The van der Waals surface area contributed by atoms with Crippen LogP contribution >= 0.6 is 23.4 Å². The minimum absolute atomic E-state index is 0.262. The van der Waals surface area contributed by atoms with E-state index in [1.807, 2.05) is 12.1 Å². The molecule has 1 aromatic carbocycles. The molecule has 4 heteroatoms. The van der Waals surface area contributed by atoms with E-state index in [1.165, 1.54) is 10.5 Å². The van der Waals surface area contributed by atoms with E-state index in [2.05, 4.69) is 17.5 Å². The normalized spacial score (nSPS) is 21.8. The summed E-state index contributed by atoms with van der Waals surface area (Å²) in [6, 6.07) is 7.96. The Kier molecular flexibility index (Phi) is 4.18. The van der Waals surface area contributed by atoms with Crippen molar-refractivity contribution in [3.63, 3.8) is 0 Å². The second kappa shape index (κ2) is 5.88. The number of benzene rings is 1. The first-order chi connectivity index (χ1) is 9.26. The van der Waals surface area contributed by atoms with Gasteiger partial charge in [0.1, 0.15) is 0 Å². The molecule has 0 N–H and O–H groups in total. The van der Waals surface area contributed by atoms with Crippen molar-refractivity contribution in [1.82, 2.24) is 0 Å². The summed E-state index contributed by atoms with van der Waals surface area (Å²) in [5.41, 5.74) is 1.49. The highest BCUT2D eigenvalue weighted by Gasteiger charge is 2.38. The SMILES string of the molecule is Clc1ccc(SC=C2CCC3(CC2)OCCO3)cc1. The quantitative estimate of drug-likeness (QED) is 0.741. The summed E-state index contributed by atoms with van der Waals surface area (Å²) in [4.78, 5) is 1.23. The molecule has 1 aliphatic heterocycles. The molecule has 1 aromatic rings. The van der Waals surface area contributed by atoms with Gasteiger partial charge >= 0.3 is 0 Å². The number of allylic oxidation sites excluding steroid dienone is 1. The molecule has 1 heterocycles. The summed E-state index contributed by atoms with van der Waals surface area (Å²) in [6.07, 6.45) is 4.11. The molecule has 0 aromatic heterocycles. The first kappa shape index (κ1) is 13.5. The topological polar surface area (TPSA) is 18.5 Å². The molecule has 0 amide bonds. The van der Waals surface area contributed by atoms with Gasteiger partial charge in [0.15, 0.2) is 5.79 Å². The zero-order chi connectivity index (χ0) is 13.1. The molecule has 1 aliphatic carbocycles. The molecule has 0 radical (unpaired) electrons. The molecule has 2 fully saturated rings. The summed E-state index contributed by atoms with van der Waals surface area (Å²) in [6.45, 7) is 1.50. The van der Waals surface area contributed by atoms with Gasteiger partial charge in [0.05, 0.1) is 13.2 Å². The van der Waals surface area contributed by atoms with Crippen LogP contribution in [0.25, 0.3) is 0 Å². The largest absolute Gasteiger partial charge is 0.348 e. The molecule has 1 spiro atoms. The van der Waals surface area contributed by atoms with Gasteiger partial charge in [-0.2, -0.15) is 0 Å². The Morgan fingerprint density at radius 3 is 2.32 bits per heavy atom. The van der Waals surface area contributed by atoms with Gasteiger partial charge in [0.2, 0.25) is 0 Å². The van der Waals surface area contributed by atoms with Crippen LogP contribution < -0.4 is 0 Å². The summed E-state index contributed by atoms with van der Waals surface area (Å²) in [5, 5.41) is 3.05. The third kappa shape index (κ3) is 3.34. The van der Waals surface area contributed by atoms with Gasteiger partial charge in [0.25, 0.3) is 0 Å². The van der Waals surface area contributed by atoms with Crippen LogP contribution in [0, 0.1) is 0 Å². The Morgan fingerprint density at radius 2 is 1.68 bits per heavy atom. The average molecular weight is 297 g/mol. The zero-order valence-electron chi connectivity index (χ0n) is 10.7. The van der Waals surface area contributed by atoms with Crippen LogP contribution in [0.3, 0.4) is 0 Å². The molecule has 19 heavy (non-hydrogen) atoms. The number of thioether (sulfide) groups is 1. The highest BCUT2D eigenvalue weighted by Crippen LogP contribution is 2.39. The Bertz CT molecular complexity index is 452. The van der Waals surface area contributed by atoms with Gasteiger partial charge in [-0.15, -0.1) is 0 Å². The van der Waals surface area contributed by atoms with Gasteiger partial charge < -0.3 is 9.47 Å². The standard InChI is InChI=1S/C15H17ClO2S/c16-13-1-3-14(4-2-13)19-11-12-5-7-15(8-6-12)17-9-10-18-15/h1-4,11H,5-10H2. The number of ether oxygens (including phenoxy) is 2. The summed E-state index contributed by atoms with van der Waals surface area (Å²) >= 11 is 7.64. The van der Waals surface area contributed by atoms with Crippen molar-refractivity contribution in [3.8, 4) is 0 Å². The van der Waals surface area contributed by atoms with E-state index in [0.717, 1.165) is 43.9 Å². The molecule has 0 atom stereocenters. The molecular weight excluding hydrogens is 280 g/mol. The van der Waals surface area contributed by atoms with Crippen LogP contribution in [-0.4, -0.2) is 19.0 Å². The Morgan fingerprint density at radius 1 is 1.05 bits per heavy atom. The number of rotatable bonds is 2. The molecular formula is C15H17ClO2S. The van der Waals surface area contributed by atoms with Crippen molar-refractivity contribution in [3.05, 3.63) is 40.3 Å². The molecule has 1 saturated carbocycles. The van der Waals surface area contributed by atoms with Crippen LogP contribution in [-0.2, 0) is 9.47 Å². The third-order valence-corrected chi connectivity index (χ3v) is 4.89. The van der Waals surface area contributed by atoms with Gasteiger partial charge in [-0.3, -0.25) is 0 Å². The second-order valence-corrected chi connectivity index (χ2v) is 6.33. The maximum absolute atomic E-state index is 5.88. The predicted octanol–water partition coefficient (Wildman–Crippen LogP) is 4.63. The van der Waals surface area contributed by atoms with Crippen molar-refractivity contribution in [2.24, 2.45) is 0 Å². The van der Waals surface area contributed by atoms with Crippen molar-refractivity contribution in [2.75, 3.05) is 13.2 Å². The minimum atomic E-state index is -0.262. The monoisotopic (exact) mass is 296 g/mol. The van der Waals surface area contributed by atoms with Gasteiger partial charge in [0, 0.05) is 22.8 Å². The second-order valence-electron chi connectivity index (χ2n) is 4.96. The highest BCUT2D eigenvalue weighted by atomic mass is 35.5. The lowest BCUT2D eigenvalue weighted by Gasteiger charge is -2.32. The molecule has 1 saturated heterocycles. The fourth-order valence-corrected chi connectivity index (χ4v) is 3.48. The fourth-order valence-electron chi connectivity index (χ4n) is 2.52. The molecule has 3 rings (SSSR count). The molecule has 0 unspecified atom stereocenters. The van der Waals surface area contributed by atoms with E-state index in [1.54, 1.807) is 11.8 Å². The van der Waals surface area contributed by atoms with E-state index in [4.69, 9.17) is 21.1 Å². The lowest BCUT2D eigenvalue weighted by atomic mass is 9.91. The maximum Gasteiger partial charge on any atom is 0.169 e. The van der Waals surface area contributed by atoms with E-state index < -0.39 is 0 Å². The number of hydrogen-bond acceptors (Lipinski definition) is 3. The van der Waals surface area contributed by atoms with Crippen LogP contribution in [0.4, 0.5) is 0 Å². The Labute approximate surface area is 123 Å². The molecule has 0 bridgehead atoms. The third-order valence-electron chi connectivity index (χ3n) is 3.64. The predicted molar refractivity (Wildman–Crippen MR) is 78.5 cm³/mol. The van der Waals surface area contributed by atoms with Gasteiger partial charge in [-0.05, 0) is 42.5 Å². The van der Waals surface area contributed by atoms with Gasteiger partial charge in [-0.25, -0.2) is 0 Å². The van der Waals surface area contributed by atoms with Crippen LogP contribution in [0.5, 0.6) is 0 Å². The zero-order valence-corrected chi connectivity index (χ0v) is 12.3. The number of halogens is 1. The maximum atomic E-state index is 5.88. The van der Waals surface area contributed by atoms with Crippen molar-refractivity contribution >= 4 is 23.4 Å². The van der Waals surface area contributed by atoms with Crippen molar-refractivity contribution in [2.45, 2.75) is 36.4 Å². The van der Waals surface area contributed by atoms with E-state index in [-0.39, 0.29) is 5.79 Å². The fraction of sp³-hybridized carbons (Fsp3) is 0.467. The first-order valence-corrected chi connectivity index (χ1v) is 7.90. The van der Waals surface area contributed by atoms with Crippen LogP contribution in [0.1, 0.15) is 25.7 Å². The highest BCUT2D eigenvalue weighted by molar-refractivity contribution is 8.02. The first-order valence-electron chi connectivity index (χ1n) is 6.64. The lowest BCUT2D eigenvalue weighted by Crippen LogP contribution is -2.32. The van der Waals surface area contributed by atoms with Crippen LogP contribution in [0.2, 0.25) is 5.02 Å². The van der Waals surface area contributed by atoms with E-state index in [0.29, 0.717) is 0 Å². The summed E-state index contributed by atoms with van der Waals surface area (Å²) < 4.78 is 11.5. The Hall–Kier alpha value is -0.480. The molecule has 2 aliphatic rings. The molecule has 102 valence electrons.